The molecule has 216 valence electrons. The third-order valence-corrected chi connectivity index (χ3v) is 6.71. The molecule has 0 saturated heterocycles. The van der Waals surface area contributed by atoms with Crippen LogP contribution < -0.4 is 15.6 Å². The highest BCUT2D eigenvalue weighted by Crippen LogP contribution is 2.41. The Kier molecular flexibility index (Phi) is 6.71. The average Bonchev–Trinajstić information content (AvgIpc) is 3.49. The first-order chi connectivity index (χ1) is 20.1. The number of aromatic nitrogens is 8. The predicted molar refractivity (Wildman–Crippen MR) is 143 cm³/mol. The molecule has 5 aromatic rings. The molecule has 0 unspecified atom stereocenters. The average molecular weight is 580 g/mol. The van der Waals surface area contributed by atoms with Gasteiger partial charge >= 0.3 is 12.3 Å². The topological polar surface area (TPSA) is 145 Å². The number of fused-ring (bicyclic) bond motifs is 1. The zero-order valence-electron chi connectivity index (χ0n) is 22.4. The second kappa shape index (κ2) is 10.4. The van der Waals surface area contributed by atoms with Crippen LogP contribution in [0.5, 0.6) is 5.88 Å². The summed E-state index contributed by atoms with van der Waals surface area (Å²) in [5.41, 5.74) is 0.762. The van der Waals surface area contributed by atoms with Crippen LogP contribution in [0.2, 0.25) is 0 Å². The van der Waals surface area contributed by atoms with Crippen LogP contribution >= 0.6 is 0 Å². The van der Waals surface area contributed by atoms with Crippen LogP contribution in [0, 0.1) is 0 Å². The largest absolute Gasteiger partial charge is 0.434 e. The number of aromatic amines is 1. The van der Waals surface area contributed by atoms with Crippen molar-refractivity contribution in [2.45, 2.75) is 51.4 Å². The minimum absolute atomic E-state index is 0.0450. The van der Waals surface area contributed by atoms with E-state index in [1.165, 1.54) is 27.8 Å². The van der Waals surface area contributed by atoms with E-state index in [0.29, 0.717) is 16.8 Å². The van der Waals surface area contributed by atoms with Crippen LogP contribution in [-0.4, -0.2) is 45.2 Å². The maximum Gasteiger partial charge on any atom is 0.434 e. The summed E-state index contributed by atoms with van der Waals surface area (Å²) in [5, 5.41) is 6.98. The van der Waals surface area contributed by atoms with E-state index in [4.69, 9.17) is 4.74 Å². The van der Waals surface area contributed by atoms with Crippen LogP contribution in [-0.2, 0) is 12.7 Å². The molecule has 0 aliphatic heterocycles. The molecule has 6 rings (SSSR count). The molecule has 1 aliphatic rings. The number of alkyl halides is 3. The van der Waals surface area contributed by atoms with E-state index in [-0.39, 0.29) is 47.2 Å². The molecule has 42 heavy (non-hydrogen) atoms. The predicted octanol–water partition coefficient (Wildman–Crippen LogP) is 4.50. The summed E-state index contributed by atoms with van der Waals surface area (Å²) >= 11 is 0. The maximum atomic E-state index is 13.2. The van der Waals surface area contributed by atoms with Crippen molar-refractivity contribution in [3.63, 3.8) is 0 Å². The number of nitrogens with zero attached hydrogens (tertiary/aromatic N) is 7. The van der Waals surface area contributed by atoms with Gasteiger partial charge in [-0.15, -0.1) is 5.10 Å². The van der Waals surface area contributed by atoms with Gasteiger partial charge in [-0.2, -0.15) is 18.2 Å². The summed E-state index contributed by atoms with van der Waals surface area (Å²) < 4.78 is 48.0. The van der Waals surface area contributed by atoms with E-state index in [0.717, 1.165) is 19.0 Å². The lowest BCUT2D eigenvalue weighted by atomic mass is 10.1. The van der Waals surface area contributed by atoms with Crippen LogP contribution in [0.15, 0.2) is 54.0 Å². The highest BCUT2D eigenvalue weighted by atomic mass is 19.4. The van der Waals surface area contributed by atoms with Crippen molar-refractivity contribution in [1.82, 2.24) is 44.4 Å². The second-order valence-electron chi connectivity index (χ2n) is 10.1. The number of benzene rings is 1. The number of amides is 1. The molecule has 1 aromatic carbocycles. The molecule has 1 aliphatic carbocycles. The number of nitrogens with one attached hydrogen (secondary N) is 2. The van der Waals surface area contributed by atoms with E-state index < -0.39 is 23.5 Å². The van der Waals surface area contributed by atoms with Crippen molar-refractivity contribution in [1.29, 1.82) is 0 Å². The van der Waals surface area contributed by atoms with Crippen molar-refractivity contribution in [2.75, 3.05) is 0 Å². The molecule has 4 aromatic heterocycles. The van der Waals surface area contributed by atoms with E-state index in [1.54, 1.807) is 38.1 Å². The lowest BCUT2D eigenvalue weighted by Crippen LogP contribution is -2.27. The zero-order valence-corrected chi connectivity index (χ0v) is 22.4. The van der Waals surface area contributed by atoms with Crippen LogP contribution in [0.4, 0.5) is 18.0 Å². The van der Waals surface area contributed by atoms with E-state index in [2.05, 4.69) is 35.3 Å². The van der Waals surface area contributed by atoms with Crippen molar-refractivity contribution in [2.24, 2.45) is 0 Å². The summed E-state index contributed by atoms with van der Waals surface area (Å²) in [4.78, 5) is 44.5. The highest BCUT2D eigenvalue weighted by molar-refractivity contribution is 5.73. The van der Waals surface area contributed by atoms with Gasteiger partial charge in [0.2, 0.25) is 5.65 Å². The number of rotatable bonds is 7. The van der Waals surface area contributed by atoms with Gasteiger partial charge in [0.15, 0.2) is 11.5 Å². The van der Waals surface area contributed by atoms with Crippen molar-refractivity contribution >= 4 is 11.7 Å². The van der Waals surface area contributed by atoms with Crippen molar-refractivity contribution < 1.29 is 22.7 Å². The third kappa shape index (κ3) is 5.32. The molecule has 15 heteroatoms. The minimum atomic E-state index is -4.56. The van der Waals surface area contributed by atoms with Gasteiger partial charge < -0.3 is 19.6 Å². The molecule has 12 nitrogen and oxygen atoms in total. The molecule has 0 radical (unpaired) electrons. The van der Waals surface area contributed by atoms with E-state index >= 15 is 0 Å². The summed E-state index contributed by atoms with van der Waals surface area (Å²) in [6.45, 7) is 3.60. The first kappa shape index (κ1) is 27.1. The van der Waals surface area contributed by atoms with Gasteiger partial charge in [0.25, 0.3) is 11.4 Å². The van der Waals surface area contributed by atoms with Gasteiger partial charge in [0.05, 0.1) is 12.0 Å². The fourth-order valence-corrected chi connectivity index (χ4v) is 4.48. The molecule has 0 atom stereocenters. The Labute approximate surface area is 235 Å². The fourth-order valence-electron chi connectivity index (χ4n) is 4.48. The molecule has 1 amide bonds. The van der Waals surface area contributed by atoms with Gasteiger partial charge in [0, 0.05) is 42.7 Å². The number of carbonyl (C=O) groups excluding carboxylic acids is 1. The Bertz CT molecular complexity index is 1840. The van der Waals surface area contributed by atoms with Crippen molar-refractivity contribution in [3.8, 4) is 28.7 Å². The zero-order chi connectivity index (χ0) is 29.6. The first-order valence-corrected chi connectivity index (χ1v) is 13.1. The molecule has 4 heterocycles. The number of ether oxygens (including phenoxy) is 1. The quantitative estimate of drug-likeness (QED) is 0.287. The first-order valence-electron chi connectivity index (χ1n) is 13.1. The molecule has 0 bridgehead atoms. The number of hydrogen-bond acceptors (Lipinski definition) is 8. The van der Waals surface area contributed by atoms with Crippen LogP contribution in [0.25, 0.3) is 28.4 Å². The van der Waals surface area contributed by atoms with Gasteiger partial charge in [0.1, 0.15) is 11.4 Å². The molecule has 0 spiro atoms. The monoisotopic (exact) mass is 579 g/mol. The van der Waals surface area contributed by atoms with Crippen LogP contribution in [0.3, 0.4) is 0 Å². The second-order valence-corrected chi connectivity index (χ2v) is 10.1. The van der Waals surface area contributed by atoms with Gasteiger partial charge in [-0.3, -0.25) is 4.79 Å². The minimum Gasteiger partial charge on any atom is -0.387 e. The molecule has 1 saturated carbocycles. The highest BCUT2D eigenvalue weighted by Gasteiger charge is 2.35. The Morgan fingerprint density at radius 3 is 2.62 bits per heavy atom. The molecule has 1 fully saturated rings. The maximum absolute atomic E-state index is 13.2. The summed E-state index contributed by atoms with van der Waals surface area (Å²) in [5.74, 6) is 0.227. The number of halogens is 3. The third-order valence-electron chi connectivity index (χ3n) is 6.71. The summed E-state index contributed by atoms with van der Waals surface area (Å²) in [7, 11) is 0. The van der Waals surface area contributed by atoms with Gasteiger partial charge in [-0.1, -0.05) is 24.3 Å². The van der Waals surface area contributed by atoms with E-state index in [1.807, 2.05) is 0 Å². The molecular formula is C27H24F3N9O3. The normalized spacial score (nSPS) is 13.6. The number of carbonyl (C=O) groups is 1. The van der Waals surface area contributed by atoms with Crippen molar-refractivity contribution in [3.05, 3.63) is 76.5 Å². The van der Waals surface area contributed by atoms with Gasteiger partial charge in [-0.25, -0.2) is 24.3 Å². The number of imidazole rings is 2. The smallest absolute Gasteiger partial charge is 0.387 e. The SMILES string of the molecule is CC(C)n1cc(C(F)(F)F)nc1-c1ccc(CNC(=O)Oc2nc(-c3c(C4CC4)nc[nH]c3=O)nn3ccnc23)cc1. The summed E-state index contributed by atoms with van der Waals surface area (Å²) in [6, 6.07) is 6.38. The molecule has 2 N–H and O–H groups in total. The Hall–Kier alpha value is -5.08. The Morgan fingerprint density at radius 2 is 1.93 bits per heavy atom. The Morgan fingerprint density at radius 1 is 1.17 bits per heavy atom. The van der Waals surface area contributed by atoms with E-state index in [9.17, 15) is 22.8 Å². The number of hydrogen-bond donors (Lipinski definition) is 2. The summed E-state index contributed by atoms with van der Waals surface area (Å²) in [6.07, 6.45) is 1.75. The Balaban J connectivity index is 1.19. The molecular weight excluding hydrogens is 555 g/mol. The fraction of sp³-hybridized carbons (Fsp3) is 0.296. The van der Waals surface area contributed by atoms with Gasteiger partial charge in [-0.05, 0) is 32.3 Å². The van der Waals surface area contributed by atoms with Crippen LogP contribution in [0.1, 0.15) is 55.6 Å². The lowest BCUT2D eigenvalue weighted by molar-refractivity contribution is -0.140. The number of H-pyrrole nitrogens is 1. The lowest BCUT2D eigenvalue weighted by Gasteiger charge is -2.12. The standard InChI is InChI=1S/C27H24F3N9O3/c1-14(2)38-12-18(27(28,29)30)35-22(38)17-5-3-15(4-6-17)11-32-26(41)42-25-23-31-9-10-39(23)37-21(36-25)19-20(16-7-8-16)33-13-34-24(19)40/h3-6,9-10,12-14,16H,7-8,11H2,1-2H3,(H,32,41)(H,33,34,40).